The predicted octanol–water partition coefficient (Wildman–Crippen LogP) is 6.60. The second kappa shape index (κ2) is 9.43. The molecule has 1 heteroatoms. The Hall–Kier alpha value is -1.52. The maximum atomic E-state index is 3.73. The van der Waals surface area contributed by atoms with Gasteiger partial charge in [0.15, 0.2) is 0 Å². The van der Waals surface area contributed by atoms with Crippen LogP contribution in [0.1, 0.15) is 79.2 Å². The third kappa shape index (κ3) is 4.24. The van der Waals surface area contributed by atoms with Gasteiger partial charge in [0, 0.05) is 24.9 Å². The molecule has 1 aliphatic heterocycles. The molecule has 1 heterocycles. The smallest absolute Gasteiger partial charge is 0.0868 e. The molecule has 0 spiro atoms. The normalized spacial score (nSPS) is 26.5. The van der Waals surface area contributed by atoms with Crippen molar-refractivity contribution in [1.29, 1.82) is 0 Å². The highest BCUT2D eigenvalue weighted by Crippen LogP contribution is 2.43. The summed E-state index contributed by atoms with van der Waals surface area (Å²) < 4.78 is 0. The molecule has 0 radical (unpaired) electrons. The molecule has 3 atom stereocenters. The van der Waals surface area contributed by atoms with E-state index in [1.54, 1.807) is 11.1 Å². The second-order valence-electron chi connectivity index (χ2n) is 7.87. The first-order chi connectivity index (χ1) is 12.5. The lowest BCUT2D eigenvalue weighted by Gasteiger charge is -2.52. The fourth-order valence-corrected chi connectivity index (χ4v) is 4.45. The second-order valence-corrected chi connectivity index (χ2v) is 7.87. The molecule has 2 rings (SSSR count). The summed E-state index contributed by atoms with van der Waals surface area (Å²) in [5, 5.41) is 0. The minimum Gasteiger partial charge on any atom is -0.276 e. The maximum absolute atomic E-state index is 3.73. The molecule has 0 amide bonds. The van der Waals surface area contributed by atoms with Crippen LogP contribution in [0, 0.1) is 17.8 Å². The number of hydrogen-bond acceptors (Lipinski definition) is 1. The van der Waals surface area contributed by atoms with Crippen molar-refractivity contribution >= 4 is 0 Å². The van der Waals surface area contributed by atoms with E-state index in [2.05, 4.69) is 88.6 Å². The third-order valence-corrected chi connectivity index (χ3v) is 6.33. The third-order valence-electron chi connectivity index (χ3n) is 6.33. The molecule has 0 saturated heterocycles. The quantitative estimate of drug-likeness (QED) is 0.317. The predicted molar refractivity (Wildman–Crippen MR) is 114 cm³/mol. The van der Waals surface area contributed by atoms with E-state index in [9.17, 15) is 0 Å². The summed E-state index contributed by atoms with van der Waals surface area (Å²) in [7, 11) is 0. The van der Waals surface area contributed by atoms with Gasteiger partial charge in [-0.1, -0.05) is 81.5 Å². The molecule has 0 N–H and O–H groups in total. The first-order valence-corrected chi connectivity index (χ1v) is 10.5. The largest absolute Gasteiger partial charge is 0.276 e. The Morgan fingerprint density at radius 3 is 2.38 bits per heavy atom. The van der Waals surface area contributed by atoms with E-state index in [1.165, 1.54) is 18.4 Å². The summed E-state index contributed by atoms with van der Waals surface area (Å²) in [6, 6.07) is 11.4. The minimum absolute atomic E-state index is 0.104. The number of benzene rings is 1. The number of nitrogens with zero attached hydrogens (tertiary/aromatic N) is 1. The van der Waals surface area contributed by atoms with Gasteiger partial charge in [0.2, 0.25) is 0 Å². The van der Waals surface area contributed by atoms with E-state index in [1.807, 2.05) is 0 Å². The molecular weight excluding hydrogens is 314 g/mol. The van der Waals surface area contributed by atoms with E-state index in [4.69, 9.17) is 0 Å². The monoisotopic (exact) mass is 351 g/mol. The van der Waals surface area contributed by atoms with Crippen LogP contribution in [0.25, 0.3) is 0 Å². The van der Waals surface area contributed by atoms with Gasteiger partial charge in [0.1, 0.15) is 0 Å². The van der Waals surface area contributed by atoms with E-state index < -0.39 is 0 Å². The molecule has 1 nitrogen and oxygen atoms in total. The molecule has 0 bridgehead atoms. The first-order valence-electron chi connectivity index (χ1n) is 10.5. The highest BCUT2D eigenvalue weighted by atomic mass is 15.2. The van der Waals surface area contributed by atoms with Gasteiger partial charge in [-0.3, -0.25) is 4.90 Å². The standard InChI is InChI=1S/C25H37N/c1-7-10-11-15-18-25(6)21(5)20(4)23(8-2)24(9-3)26(25)19-22-16-13-12-14-17-22/h12-14,16-17,21,24H,7-11,19H2,1-6H3/t21-,24+,25+/m1/s1. The fourth-order valence-electron chi connectivity index (χ4n) is 4.45. The number of unbranched alkanes of at least 4 members (excludes halogenated alkanes) is 2. The van der Waals surface area contributed by atoms with Gasteiger partial charge in [0.05, 0.1) is 5.54 Å². The summed E-state index contributed by atoms with van der Waals surface area (Å²) in [5.74, 6) is 7.72. The molecule has 0 fully saturated rings. The maximum Gasteiger partial charge on any atom is 0.0868 e. The average molecular weight is 352 g/mol. The van der Waals surface area contributed by atoms with Crippen molar-refractivity contribution in [3.8, 4) is 11.8 Å². The van der Waals surface area contributed by atoms with Crippen LogP contribution >= 0.6 is 0 Å². The van der Waals surface area contributed by atoms with E-state index in [-0.39, 0.29) is 5.54 Å². The van der Waals surface area contributed by atoms with Gasteiger partial charge in [-0.25, -0.2) is 0 Å². The molecule has 1 aromatic carbocycles. The van der Waals surface area contributed by atoms with Crippen molar-refractivity contribution in [1.82, 2.24) is 4.90 Å². The first kappa shape index (κ1) is 20.8. The molecule has 0 aliphatic carbocycles. The summed E-state index contributed by atoms with van der Waals surface area (Å²) in [6.07, 6.45) is 5.71. The van der Waals surface area contributed by atoms with Crippen LogP contribution in [0.4, 0.5) is 0 Å². The number of rotatable bonds is 6. The fraction of sp³-hybridized carbons (Fsp3) is 0.600. The Kier molecular flexibility index (Phi) is 7.54. The van der Waals surface area contributed by atoms with Gasteiger partial charge in [-0.05, 0) is 38.7 Å². The Labute approximate surface area is 161 Å². The van der Waals surface area contributed by atoms with Gasteiger partial charge in [0.25, 0.3) is 0 Å². The van der Waals surface area contributed by atoms with Gasteiger partial charge in [-0.15, -0.1) is 5.92 Å². The van der Waals surface area contributed by atoms with Crippen LogP contribution in [-0.2, 0) is 6.54 Å². The summed E-state index contributed by atoms with van der Waals surface area (Å²) >= 11 is 0. The lowest BCUT2D eigenvalue weighted by molar-refractivity contribution is 0.0548. The molecular formula is C25H37N. The molecule has 26 heavy (non-hydrogen) atoms. The molecule has 0 saturated carbocycles. The Morgan fingerprint density at radius 1 is 1.12 bits per heavy atom. The van der Waals surface area contributed by atoms with Crippen LogP contribution < -0.4 is 0 Å². The van der Waals surface area contributed by atoms with Crippen molar-refractivity contribution < 1.29 is 0 Å². The zero-order valence-electron chi connectivity index (χ0n) is 17.7. The van der Waals surface area contributed by atoms with Crippen molar-refractivity contribution in [2.45, 2.75) is 91.8 Å². The van der Waals surface area contributed by atoms with Crippen molar-refractivity contribution in [3.63, 3.8) is 0 Å². The summed E-state index contributed by atoms with van der Waals surface area (Å²) in [5.41, 5.74) is 4.47. The highest BCUT2D eigenvalue weighted by molar-refractivity contribution is 5.35. The van der Waals surface area contributed by atoms with Crippen molar-refractivity contribution in [3.05, 3.63) is 47.0 Å². The number of hydrogen-bond donors (Lipinski definition) is 0. The van der Waals surface area contributed by atoms with E-state index >= 15 is 0 Å². The Balaban J connectivity index is 2.48. The van der Waals surface area contributed by atoms with Gasteiger partial charge < -0.3 is 0 Å². The molecule has 1 aliphatic rings. The average Bonchev–Trinajstić information content (AvgIpc) is 2.66. The molecule has 142 valence electrons. The van der Waals surface area contributed by atoms with Crippen LogP contribution in [0.15, 0.2) is 41.5 Å². The summed E-state index contributed by atoms with van der Waals surface area (Å²) in [4.78, 5) is 2.69. The minimum atomic E-state index is -0.104. The molecule has 0 aromatic heterocycles. The Morgan fingerprint density at radius 2 is 1.81 bits per heavy atom. The highest BCUT2D eigenvalue weighted by Gasteiger charge is 2.45. The van der Waals surface area contributed by atoms with Crippen molar-refractivity contribution in [2.24, 2.45) is 5.92 Å². The van der Waals surface area contributed by atoms with Crippen LogP contribution in [0.2, 0.25) is 0 Å². The molecule has 1 aromatic rings. The van der Waals surface area contributed by atoms with E-state index in [0.717, 1.165) is 25.8 Å². The topological polar surface area (TPSA) is 3.24 Å². The zero-order chi connectivity index (χ0) is 19.2. The van der Waals surface area contributed by atoms with Crippen molar-refractivity contribution in [2.75, 3.05) is 0 Å². The SMILES string of the molecule is CCCCC#C[C@@]1(C)[C@H](C)C(C)=C(CC)[C@H](CC)N1Cc1ccccc1. The zero-order valence-corrected chi connectivity index (χ0v) is 17.7. The lowest BCUT2D eigenvalue weighted by atomic mass is 9.72. The van der Waals surface area contributed by atoms with Crippen LogP contribution in [0.5, 0.6) is 0 Å². The van der Waals surface area contributed by atoms with Crippen LogP contribution in [0.3, 0.4) is 0 Å². The lowest BCUT2D eigenvalue weighted by Crippen LogP contribution is -2.58. The molecule has 0 unspecified atom stereocenters. The van der Waals surface area contributed by atoms with E-state index in [0.29, 0.717) is 12.0 Å². The summed E-state index contributed by atoms with van der Waals surface area (Å²) in [6.45, 7) is 14.9. The van der Waals surface area contributed by atoms with Crippen LogP contribution in [-0.4, -0.2) is 16.5 Å². The van der Waals surface area contributed by atoms with Gasteiger partial charge >= 0.3 is 0 Å². The Bertz CT molecular complexity index is 660. The van der Waals surface area contributed by atoms with Gasteiger partial charge in [-0.2, -0.15) is 0 Å².